The summed E-state index contributed by atoms with van der Waals surface area (Å²) in [7, 11) is 0. The summed E-state index contributed by atoms with van der Waals surface area (Å²) in [5.41, 5.74) is 0.789. The third kappa shape index (κ3) is 3.45. The van der Waals surface area contributed by atoms with Crippen LogP contribution >= 0.6 is 0 Å². The molecule has 0 heterocycles. The predicted molar refractivity (Wildman–Crippen MR) is 47.5 cm³/mol. The van der Waals surface area contributed by atoms with E-state index in [9.17, 15) is 9.90 Å². The summed E-state index contributed by atoms with van der Waals surface area (Å²) in [6.45, 7) is 0.0835. The molecule has 0 amide bonds. The summed E-state index contributed by atoms with van der Waals surface area (Å²) < 4.78 is 5.11. The number of rotatable bonds is 5. The van der Waals surface area contributed by atoms with Crippen LogP contribution in [0.5, 0.6) is 5.75 Å². The Hall–Kier alpha value is -1.55. The molecule has 0 aliphatic heterocycles. The largest absolute Gasteiger partial charge is 0.550 e. The summed E-state index contributed by atoms with van der Waals surface area (Å²) >= 11 is 0. The minimum absolute atomic E-state index is 0.0146. The Bertz CT molecular complexity index is 291. The van der Waals surface area contributed by atoms with Crippen LogP contribution in [0.1, 0.15) is 12.0 Å². The highest BCUT2D eigenvalue weighted by Gasteiger charge is 1.94. The number of carbonyl (C=O) groups excluding carboxylic acids is 1. The molecule has 1 rings (SSSR count). The van der Waals surface area contributed by atoms with Gasteiger partial charge in [0.1, 0.15) is 5.75 Å². The first-order valence-electron chi connectivity index (χ1n) is 4.25. The molecule has 4 heteroatoms. The van der Waals surface area contributed by atoms with Crippen molar-refractivity contribution in [1.82, 2.24) is 0 Å². The maximum atomic E-state index is 10.1. The van der Waals surface area contributed by atoms with Crippen LogP contribution in [0.3, 0.4) is 0 Å². The van der Waals surface area contributed by atoms with Gasteiger partial charge >= 0.3 is 0 Å². The summed E-state index contributed by atoms with van der Waals surface area (Å²) in [6.07, 6.45) is -0.123. The first-order valence-corrected chi connectivity index (χ1v) is 4.25. The lowest BCUT2D eigenvalue weighted by Gasteiger charge is -2.06. The van der Waals surface area contributed by atoms with Crippen LogP contribution in [0.15, 0.2) is 24.3 Å². The fraction of sp³-hybridized carbons (Fsp3) is 0.300. The van der Waals surface area contributed by atoms with Gasteiger partial charge in [-0.3, -0.25) is 0 Å². The lowest BCUT2D eigenvalue weighted by Crippen LogP contribution is -2.24. The van der Waals surface area contributed by atoms with Gasteiger partial charge in [-0.05, 0) is 17.7 Å². The zero-order chi connectivity index (χ0) is 10.4. The van der Waals surface area contributed by atoms with Gasteiger partial charge in [-0.1, -0.05) is 12.1 Å². The molecule has 4 nitrogen and oxygen atoms in total. The van der Waals surface area contributed by atoms with Crippen molar-refractivity contribution >= 4 is 5.97 Å². The number of aliphatic carboxylic acids is 1. The molecule has 1 aromatic rings. The number of benzene rings is 1. The average Bonchev–Trinajstić information content (AvgIpc) is 2.18. The van der Waals surface area contributed by atoms with Crippen LogP contribution in [0, 0.1) is 0 Å². The molecule has 0 radical (unpaired) electrons. The van der Waals surface area contributed by atoms with Crippen molar-refractivity contribution in [1.29, 1.82) is 0 Å². The molecule has 0 aliphatic rings. The summed E-state index contributed by atoms with van der Waals surface area (Å²) in [4.78, 5) is 10.1. The molecular formula is C10H11O4-. The minimum Gasteiger partial charge on any atom is -0.550 e. The number of ether oxygens (including phenoxy) is 1. The van der Waals surface area contributed by atoms with Gasteiger partial charge in [0.2, 0.25) is 0 Å². The van der Waals surface area contributed by atoms with Gasteiger partial charge in [0.05, 0.1) is 13.2 Å². The van der Waals surface area contributed by atoms with E-state index in [0.29, 0.717) is 5.75 Å². The molecule has 0 saturated carbocycles. The molecular weight excluding hydrogens is 184 g/mol. The lowest BCUT2D eigenvalue weighted by molar-refractivity contribution is -0.306. The van der Waals surface area contributed by atoms with Gasteiger partial charge < -0.3 is 19.7 Å². The van der Waals surface area contributed by atoms with E-state index in [2.05, 4.69) is 0 Å². The zero-order valence-corrected chi connectivity index (χ0v) is 7.60. The fourth-order valence-corrected chi connectivity index (χ4v) is 0.943. The molecule has 0 fully saturated rings. The SMILES string of the molecule is O=C([O-])CCOc1ccc(CO)cc1. The maximum absolute atomic E-state index is 10.1. The van der Waals surface area contributed by atoms with Crippen LogP contribution < -0.4 is 9.84 Å². The molecule has 1 aromatic carbocycles. The van der Waals surface area contributed by atoms with Crippen molar-refractivity contribution in [2.45, 2.75) is 13.0 Å². The molecule has 0 aromatic heterocycles. The van der Waals surface area contributed by atoms with E-state index < -0.39 is 5.97 Å². The topological polar surface area (TPSA) is 69.6 Å². The Morgan fingerprint density at radius 2 is 2.00 bits per heavy atom. The van der Waals surface area contributed by atoms with Crippen molar-refractivity contribution in [3.63, 3.8) is 0 Å². The van der Waals surface area contributed by atoms with Gasteiger partial charge in [0.15, 0.2) is 0 Å². The molecule has 0 saturated heterocycles. The van der Waals surface area contributed by atoms with E-state index in [-0.39, 0.29) is 19.6 Å². The van der Waals surface area contributed by atoms with E-state index in [1.807, 2.05) is 0 Å². The number of carbonyl (C=O) groups is 1. The molecule has 0 bridgehead atoms. The van der Waals surface area contributed by atoms with Crippen molar-refractivity contribution < 1.29 is 19.7 Å². The van der Waals surface area contributed by atoms with E-state index in [1.54, 1.807) is 24.3 Å². The first kappa shape index (κ1) is 10.5. The molecule has 0 aliphatic carbocycles. The second-order valence-corrected chi connectivity index (χ2v) is 2.77. The standard InChI is InChI=1S/C10H12O4/c11-7-8-1-3-9(4-2-8)14-6-5-10(12)13/h1-4,11H,5-7H2,(H,12,13)/p-1. The lowest BCUT2D eigenvalue weighted by atomic mass is 10.2. The number of hydrogen-bond acceptors (Lipinski definition) is 4. The highest BCUT2D eigenvalue weighted by molar-refractivity contribution is 5.64. The summed E-state index contributed by atoms with van der Waals surface area (Å²) in [5, 5.41) is 18.8. The zero-order valence-electron chi connectivity index (χ0n) is 7.60. The van der Waals surface area contributed by atoms with Crippen molar-refractivity contribution in [3.8, 4) is 5.75 Å². The van der Waals surface area contributed by atoms with Crippen LogP contribution in [0.4, 0.5) is 0 Å². The normalized spacial score (nSPS) is 9.79. The van der Waals surface area contributed by atoms with Crippen LogP contribution in [-0.4, -0.2) is 17.7 Å². The van der Waals surface area contributed by atoms with Gasteiger partial charge in [-0.2, -0.15) is 0 Å². The van der Waals surface area contributed by atoms with E-state index in [1.165, 1.54) is 0 Å². The smallest absolute Gasteiger partial charge is 0.119 e. The van der Waals surface area contributed by atoms with E-state index in [0.717, 1.165) is 5.56 Å². The van der Waals surface area contributed by atoms with Gasteiger partial charge in [-0.15, -0.1) is 0 Å². The molecule has 76 valence electrons. The second-order valence-electron chi connectivity index (χ2n) is 2.77. The van der Waals surface area contributed by atoms with Gasteiger partial charge in [0, 0.05) is 12.4 Å². The van der Waals surface area contributed by atoms with Crippen molar-refractivity contribution in [3.05, 3.63) is 29.8 Å². The first-order chi connectivity index (χ1) is 6.72. The molecule has 1 N–H and O–H groups in total. The summed E-state index contributed by atoms with van der Waals surface area (Å²) in [5.74, 6) is -0.541. The van der Waals surface area contributed by atoms with Crippen LogP contribution in [0.2, 0.25) is 0 Å². The highest BCUT2D eigenvalue weighted by atomic mass is 16.5. The van der Waals surface area contributed by atoms with Crippen molar-refractivity contribution in [2.75, 3.05) is 6.61 Å². The number of aliphatic hydroxyl groups excluding tert-OH is 1. The molecule has 0 unspecified atom stereocenters. The Balaban J connectivity index is 2.40. The summed E-state index contributed by atoms with van der Waals surface area (Å²) in [6, 6.07) is 6.80. The van der Waals surface area contributed by atoms with E-state index >= 15 is 0 Å². The second kappa shape index (κ2) is 5.24. The monoisotopic (exact) mass is 195 g/mol. The van der Waals surface area contributed by atoms with Crippen LogP contribution in [-0.2, 0) is 11.4 Å². The quantitative estimate of drug-likeness (QED) is 0.700. The van der Waals surface area contributed by atoms with Gasteiger partial charge in [0.25, 0.3) is 0 Å². The van der Waals surface area contributed by atoms with Crippen LogP contribution in [0.25, 0.3) is 0 Å². The molecule has 0 atom stereocenters. The van der Waals surface area contributed by atoms with Crippen molar-refractivity contribution in [2.24, 2.45) is 0 Å². The Morgan fingerprint density at radius 1 is 1.36 bits per heavy atom. The van der Waals surface area contributed by atoms with E-state index in [4.69, 9.17) is 9.84 Å². The minimum atomic E-state index is -1.13. The number of carboxylic acids is 1. The number of hydrogen-bond donors (Lipinski definition) is 1. The predicted octanol–water partition coefficient (Wildman–Crippen LogP) is -0.302. The Morgan fingerprint density at radius 3 is 2.50 bits per heavy atom. The maximum Gasteiger partial charge on any atom is 0.119 e. The third-order valence-corrected chi connectivity index (χ3v) is 1.68. The number of aliphatic hydroxyl groups is 1. The Labute approximate surface area is 81.8 Å². The fourth-order valence-electron chi connectivity index (χ4n) is 0.943. The highest BCUT2D eigenvalue weighted by Crippen LogP contribution is 2.11. The number of carboxylic acid groups (broad SMARTS) is 1. The Kier molecular flexibility index (Phi) is 3.94. The third-order valence-electron chi connectivity index (χ3n) is 1.68. The molecule has 0 spiro atoms. The average molecular weight is 195 g/mol. The van der Waals surface area contributed by atoms with Gasteiger partial charge in [-0.25, -0.2) is 0 Å². The molecule has 14 heavy (non-hydrogen) atoms.